The van der Waals surface area contributed by atoms with Gasteiger partial charge in [0.1, 0.15) is 11.3 Å². The molecule has 1 aromatic heterocycles. The topological polar surface area (TPSA) is 52.0 Å². The monoisotopic (exact) mass is 246 g/mol. The van der Waals surface area contributed by atoms with E-state index >= 15 is 0 Å². The van der Waals surface area contributed by atoms with Crippen LogP contribution in [0.3, 0.4) is 0 Å². The van der Waals surface area contributed by atoms with Gasteiger partial charge in [0, 0.05) is 23.9 Å². The smallest absolute Gasteiger partial charge is 0.336 e. The molecule has 0 radical (unpaired) electrons. The van der Waals surface area contributed by atoms with E-state index in [-0.39, 0.29) is 11.2 Å². The molecular weight excluding hydrogens is 232 g/mol. The minimum atomic E-state index is -0.349. The van der Waals surface area contributed by atoms with Gasteiger partial charge in [-0.25, -0.2) is 4.79 Å². The van der Waals surface area contributed by atoms with Crippen LogP contribution in [0.2, 0.25) is 0 Å². The van der Waals surface area contributed by atoms with Crippen LogP contribution in [-0.2, 0) is 4.74 Å². The van der Waals surface area contributed by atoms with Gasteiger partial charge in [-0.3, -0.25) is 0 Å². The summed E-state index contributed by atoms with van der Waals surface area (Å²) >= 11 is 0. The molecule has 1 atom stereocenters. The van der Waals surface area contributed by atoms with Crippen LogP contribution in [0.25, 0.3) is 11.0 Å². The average molecular weight is 246 g/mol. The highest BCUT2D eigenvalue weighted by atomic mass is 16.6. The SMILES string of the molecule is CC1(CCOc2ccc3ccc(=O)oc3c2)CO1. The van der Waals surface area contributed by atoms with Crippen molar-refractivity contribution in [2.24, 2.45) is 0 Å². The summed E-state index contributed by atoms with van der Waals surface area (Å²) in [6, 6.07) is 8.65. The molecule has 1 aliphatic heterocycles. The van der Waals surface area contributed by atoms with Gasteiger partial charge >= 0.3 is 5.63 Å². The lowest BCUT2D eigenvalue weighted by atomic mass is 10.1. The first-order valence-corrected chi connectivity index (χ1v) is 5.95. The minimum Gasteiger partial charge on any atom is -0.493 e. The summed E-state index contributed by atoms with van der Waals surface area (Å²) in [5.41, 5.74) is 0.205. The molecule has 1 fully saturated rings. The molecule has 94 valence electrons. The Bertz CT molecular complexity index is 625. The third-order valence-electron chi connectivity index (χ3n) is 3.13. The van der Waals surface area contributed by atoms with Crippen molar-refractivity contribution in [3.8, 4) is 5.75 Å². The molecule has 4 heteroatoms. The van der Waals surface area contributed by atoms with Crippen LogP contribution in [0, 0.1) is 0 Å². The van der Waals surface area contributed by atoms with Crippen LogP contribution in [-0.4, -0.2) is 18.8 Å². The number of hydrogen-bond acceptors (Lipinski definition) is 4. The first-order valence-electron chi connectivity index (χ1n) is 5.95. The molecule has 0 N–H and O–H groups in total. The fourth-order valence-corrected chi connectivity index (χ4v) is 1.78. The number of rotatable bonds is 4. The Morgan fingerprint density at radius 1 is 1.33 bits per heavy atom. The first-order chi connectivity index (χ1) is 8.65. The van der Waals surface area contributed by atoms with Crippen LogP contribution in [0.4, 0.5) is 0 Å². The van der Waals surface area contributed by atoms with Crippen LogP contribution < -0.4 is 10.4 Å². The van der Waals surface area contributed by atoms with E-state index in [4.69, 9.17) is 13.9 Å². The van der Waals surface area contributed by atoms with Gasteiger partial charge < -0.3 is 13.9 Å². The van der Waals surface area contributed by atoms with Crippen LogP contribution >= 0.6 is 0 Å². The molecule has 1 aromatic carbocycles. The molecule has 0 saturated carbocycles. The molecule has 2 aromatic rings. The van der Waals surface area contributed by atoms with Gasteiger partial charge in [0.15, 0.2) is 0 Å². The summed E-state index contributed by atoms with van der Waals surface area (Å²) in [6.07, 6.45) is 0.865. The fourth-order valence-electron chi connectivity index (χ4n) is 1.78. The lowest BCUT2D eigenvalue weighted by molar-refractivity contribution is 0.239. The van der Waals surface area contributed by atoms with E-state index < -0.39 is 0 Å². The van der Waals surface area contributed by atoms with Gasteiger partial charge in [0.05, 0.1) is 18.8 Å². The minimum absolute atomic E-state index is 0.00338. The normalized spacial score (nSPS) is 22.1. The van der Waals surface area contributed by atoms with E-state index in [1.54, 1.807) is 12.1 Å². The van der Waals surface area contributed by atoms with Gasteiger partial charge in [-0.1, -0.05) is 0 Å². The molecule has 0 spiro atoms. The lowest BCUT2D eigenvalue weighted by Crippen LogP contribution is -2.10. The molecule has 2 heterocycles. The second-order valence-corrected chi connectivity index (χ2v) is 4.79. The maximum absolute atomic E-state index is 11.1. The summed E-state index contributed by atoms with van der Waals surface area (Å²) in [5, 5.41) is 0.888. The van der Waals surface area contributed by atoms with Crippen LogP contribution in [0.5, 0.6) is 5.75 Å². The highest BCUT2D eigenvalue weighted by molar-refractivity contribution is 5.77. The molecule has 0 bridgehead atoms. The Morgan fingerprint density at radius 2 is 2.11 bits per heavy atom. The maximum atomic E-state index is 11.1. The predicted molar refractivity (Wildman–Crippen MR) is 67.0 cm³/mol. The quantitative estimate of drug-likeness (QED) is 0.613. The van der Waals surface area contributed by atoms with Gasteiger partial charge in [-0.2, -0.15) is 0 Å². The molecule has 4 nitrogen and oxygen atoms in total. The van der Waals surface area contributed by atoms with Crippen molar-refractivity contribution >= 4 is 11.0 Å². The number of epoxide rings is 1. The Kier molecular flexibility index (Phi) is 2.59. The number of hydrogen-bond donors (Lipinski definition) is 0. The molecule has 0 aliphatic carbocycles. The van der Waals surface area contributed by atoms with Gasteiger partial charge in [0.2, 0.25) is 0 Å². The summed E-state index contributed by atoms with van der Waals surface area (Å²) in [4.78, 5) is 11.1. The van der Waals surface area contributed by atoms with E-state index in [0.29, 0.717) is 17.9 Å². The van der Waals surface area contributed by atoms with E-state index in [1.165, 1.54) is 6.07 Å². The van der Waals surface area contributed by atoms with Gasteiger partial charge in [0.25, 0.3) is 0 Å². The summed E-state index contributed by atoms with van der Waals surface area (Å²) in [7, 11) is 0. The predicted octanol–water partition coefficient (Wildman–Crippen LogP) is 2.35. The molecule has 1 saturated heterocycles. The molecule has 1 unspecified atom stereocenters. The zero-order valence-corrected chi connectivity index (χ0v) is 10.1. The Balaban J connectivity index is 1.73. The second kappa shape index (κ2) is 4.14. The number of benzene rings is 1. The zero-order chi connectivity index (χ0) is 12.6. The highest BCUT2D eigenvalue weighted by Gasteiger charge is 2.38. The zero-order valence-electron chi connectivity index (χ0n) is 10.1. The van der Waals surface area contributed by atoms with Gasteiger partial charge in [-0.05, 0) is 25.1 Å². The summed E-state index contributed by atoms with van der Waals surface area (Å²) in [6.45, 7) is 3.47. The average Bonchev–Trinajstić information content (AvgIpc) is 3.07. The highest BCUT2D eigenvalue weighted by Crippen LogP contribution is 2.30. The van der Waals surface area contributed by atoms with Gasteiger partial charge in [-0.15, -0.1) is 0 Å². The number of fused-ring (bicyclic) bond motifs is 1. The molecule has 0 amide bonds. The third kappa shape index (κ3) is 2.38. The maximum Gasteiger partial charge on any atom is 0.336 e. The molecule has 3 rings (SSSR count). The lowest BCUT2D eigenvalue weighted by Gasteiger charge is -2.08. The second-order valence-electron chi connectivity index (χ2n) is 4.79. The van der Waals surface area contributed by atoms with E-state index in [1.807, 2.05) is 12.1 Å². The van der Waals surface area contributed by atoms with E-state index in [9.17, 15) is 4.79 Å². The molecule has 18 heavy (non-hydrogen) atoms. The Hall–Kier alpha value is -1.81. The van der Waals surface area contributed by atoms with E-state index in [0.717, 1.165) is 18.4 Å². The van der Waals surface area contributed by atoms with Crippen LogP contribution in [0.15, 0.2) is 39.5 Å². The summed E-state index contributed by atoms with van der Waals surface area (Å²) < 4.78 is 16.0. The van der Waals surface area contributed by atoms with Crippen molar-refractivity contribution in [3.05, 3.63) is 40.8 Å². The van der Waals surface area contributed by atoms with Crippen molar-refractivity contribution < 1.29 is 13.9 Å². The first kappa shape index (κ1) is 11.3. The van der Waals surface area contributed by atoms with Crippen molar-refractivity contribution in [1.29, 1.82) is 0 Å². The Labute approximate surface area is 104 Å². The third-order valence-corrected chi connectivity index (χ3v) is 3.13. The fraction of sp³-hybridized carbons (Fsp3) is 0.357. The number of ether oxygens (including phenoxy) is 2. The van der Waals surface area contributed by atoms with E-state index in [2.05, 4.69) is 6.92 Å². The van der Waals surface area contributed by atoms with Crippen molar-refractivity contribution in [2.75, 3.05) is 13.2 Å². The molecular formula is C14H14O4. The van der Waals surface area contributed by atoms with Crippen molar-refractivity contribution in [2.45, 2.75) is 18.9 Å². The van der Waals surface area contributed by atoms with Crippen molar-refractivity contribution in [1.82, 2.24) is 0 Å². The molecule has 1 aliphatic rings. The van der Waals surface area contributed by atoms with Crippen molar-refractivity contribution in [3.63, 3.8) is 0 Å². The Morgan fingerprint density at radius 3 is 2.89 bits per heavy atom. The largest absolute Gasteiger partial charge is 0.493 e. The van der Waals surface area contributed by atoms with Crippen LogP contribution in [0.1, 0.15) is 13.3 Å². The summed E-state index contributed by atoms with van der Waals surface area (Å²) in [5.74, 6) is 0.709. The standard InChI is InChI=1S/C14H14O4/c1-14(9-17-14)6-7-16-11-4-2-10-3-5-13(15)18-12(10)8-11/h2-5,8H,6-7,9H2,1H3.